The van der Waals surface area contributed by atoms with Crippen molar-refractivity contribution in [2.45, 2.75) is 18.9 Å². The minimum atomic E-state index is -0.500. The van der Waals surface area contributed by atoms with Gasteiger partial charge in [0.25, 0.3) is 0 Å². The molecule has 3 rings (SSSR count). The minimum Gasteiger partial charge on any atom is -0.490 e. The van der Waals surface area contributed by atoms with Crippen molar-refractivity contribution in [3.63, 3.8) is 0 Å². The molecule has 152 valence electrons. The molecular weight excluding hydrogens is 387 g/mol. The van der Waals surface area contributed by atoms with Gasteiger partial charge in [-0.2, -0.15) is 5.10 Å². The number of aliphatic hydroxyl groups excluding tert-OH is 1. The Morgan fingerprint density at radius 1 is 1.46 bits per heavy atom. The Kier molecular flexibility index (Phi) is 6.63. The van der Waals surface area contributed by atoms with E-state index in [4.69, 9.17) is 26.8 Å². The summed E-state index contributed by atoms with van der Waals surface area (Å²) >= 11 is 5.00. The first-order chi connectivity index (χ1) is 13.5. The van der Waals surface area contributed by atoms with Gasteiger partial charge in [-0.1, -0.05) is 0 Å². The first-order valence-electron chi connectivity index (χ1n) is 9.03. The SMILES string of the molecule is COC(=S)CC[C@H]1CN(c2ccc(N3C=NN(CCO)CC3)c(F)c2)C(=O)O1. The highest BCUT2D eigenvalue weighted by atomic mass is 32.1. The second kappa shape index (κ2) is 9.16. The number of methoxy groups -OCH3 is 1. The molecule has 0 aromatic heterocycles. The van der Waals surface area contributed by atoms with Crippen LogP contribution in [0.5, 0.6) is 0 Å². The van der Waals surface area contributed by atoms with E-state index in [1.165, 1.54) is 24.4 Å². The number of amides is 1. The van der Waals surface area contributed by atoms with Crippen LogP contribution in [0.25, 0.3) is 0 Å². The van der Waals surface area contributed by atoms with Crippen LogP contribution in [0.1, 0.15) is 12.8 Å². The van der Waals surface area contributed by atoms with Gasteiger partial charge in [0.2, 0.25) is 0 Å². The second-order valence-corrected chi connectivity index (χ2v) is 6.92. The molecule has 1 fully saturated rings. The molecule has 1 atom stereocenters. The summed E-state index contributed by atoms with van der Waals surface area (Å²) in [7, 11) is 1.51. The summed E-state index contributed by atoms with van der Waals surface area (Å²) in [5.74, 6) is -0.448. The Morgan fingerprint density at radius 3 is 2.93 bits per heavy atom. The van der Waals surface area contributed by atoms with E-state index < -0.39 is 11.9 Å². The first kappa shape index (κ1) is 20.3. The quantitative estimate of drug-likeness (QED) is 0.689. The van der Waals surface area contributed by atoms with Crippen molar-refractivity contribution in [3.05, 3.63) is 24.0 Å². The van der Waals surface area contributed by atoms with Crippen molar-refractivity contribution < 1.29 is 23.8 Å². The van der Waals surface area contributed by atoms with Gasteiger partial charge in [-0.05, 0) is 36.8 Å². The lowest BCUT2D eigenvalue weighted by atomic mass is 10.2. The molecule has 0 saturated carbocycles. The van der Waals surface area contributed by atoms with Gasteiger partial charge in [-0.15, -0.1) is 0 Å². The van der Waals surface area contributed by atoms with Gasteiger partial charge < -0.3 is 19.5 Å². The zero-order valence-electron chi connectivity index (χ0n) is 15.6. The van der Waals surface area contributed by atoms with Crippen LogP contribution in [0, 0.1) is 5.82 Å². The summed E-state index contributed by atoms with van der Waals surface area (Å²) in [6.07, 6.45) is 1.81. The highest BCUT2D eigenvalue weighted by molar-refractivity contribution is 7.80. The number of anilines is 2. The fraction of sp³-hybridized carbons (Fsp3) is 0.500. The molecule has 8 nitrogen and oxygen atoms in total. The first-order valence-corrected chi connectivity index (χ1v) is 9.43. The van der Waals surface area contributed by atoms with Crippen LogP contribution in [0.2, 0.25) is 0 Å². The molecule has 2 aliphatic heterocycles. The summed E-state index contributed by atoms with van der Waals surface area (Å²) in [5.41, 5.74) is 0.824. The fourth-order valence-electron chi connectivity index (χ4n) is 3.10. The smallest absolute Gasteiger partial charge is 0.414 e. The molecule has 0 radical (unpaired) electrons. The number of hydrazone groups is 1. The maximum atomic E-state index is 14.7. The highest BCUT2D eigenvalue weighted by Crippen LogP contribution is 2.29. The van der Waals surface area contributed by atoms with E-state index in [1.54, 1.807) is 22.0 Å². The molecule has 2 aliphatic rings. The Morgan fingerprint density at radius 2 is 2.29 bits per heavy atom. The van der Waals surface area contributed by atoms with Gasteiger partial charge in [0.05, 0.1) is 44.7 Å². The number of β-amino-alcohol motifs (C(OH)–C–C–N with tert-alkyl or cyclic N) is 1. The molecule has 0 spiro atoms. The Labute approximate surface area is 168 Å². The van der Waals surface area contributed by atoms with E-state index in [9.17, 15) is 9.18 Å². The van der Waals surface area contributed by atoms with Crippen LogP contribution < -0.4 is 9.80 Å². The van der Waals surface area contributed by atoms with Crippen molar-refractivity contribution in [2.75, 3.05) is 49.7 Å². The summed E-state index contributed by atoms with van der Waals surface area (Å²) in [6, 6.07) is 4.64. The van der Waals surface area contributed by atoms with Crippen LogP contribution in [0.4, 0.5) is 20.6 Å². The zero-order valence-corrected chi connectivity index (χ0v) is 16.4. The van der Waals surface area contributed by atoms with E-state index in [0.29, 0.717) is 55.4 Å². The van der Waals surface area contributed by atoms with Crippen molar-refractivity contribution in [3.8, 4) is 0 Å². The normalized spacial score (nSPS) is 19.2. The average Bonchev–Trinajstić information content (AvgIpc) is 3.07. The van der Waals surface area contributed by atoms with Gasteiger partial charge in [-0.25, -0.2) is 9.18 Å². The second-order valence-electron chi connectivity index (χ2n) is 6.47. The number of hydrogen-bond acceptors (Lipinski definition) is 8. The Balaban J connectivity index is 1.65. The standard InChI is InChI=1S/C18H23FN4O4S/c1-26-17(28)5-3-14-11-23(18(25)27-14)13-2-4-16(15(19)10-13)21-6-7-22(8-9-24)20-12-21/h2,4,10,12,14,24H,3,5-9,11H2,1H3/t14-/m0/s1. The van der Waals surface area contributed by atoms with Crippen molar-refractivity contribution in [2.24, 2.45) is 5.10 Å². The monoisotopic (exact) mass is 410 g/mol. The van der Waals surface area contributed by atoms with Gasteiger partial charge >= 0.3 is 6.09 Å². The number of benzene rings is 1. The van der Waals surface area contributed by atoms with E-state index in [2.05, 4.69) is 5.10 Å². The number of carbonyl (C=O) groups excluding carboxylic acids is 1. The summed E-state index contributed by atoms with van der Waals surface area (Å²) in [5, 5.41) is 15.3. The number of aliphatic hydroxyl groups is 1. The molecule has 2 heterocycles. The number of ether oxygens (including phenoxy) is 2. The third-order valence-electron chi connectivity index (χ3n) is 4.64. The summed E-state index contributed by atoms with van der Waals surface area (Å²) < 4.78 is 25.0. The van der Waals surface area contributed by atoms with Gasteiger partial charge in [-0.3, -0.25) is 9.91 Å². The molecule has 10 heteroatoms. The predicted octanol–water partition coefficient (Wildman–Crippen LogP) is 1.96. The molecule has 0 aliphatic carbocycles. The van der Waals surface area contributed by atoms with Crippen molar-refractivity contribution in [1.29, 1.82) is 0 Å². The molecular formula is C18H23FN4O4S. The molecule has 0 bridgehead atoms. The van der Waals surface area contributed by atoms with Crippen LogP contribution in [0.3, 0.4) is 0 Å². The lowest BCUT2D eigenvalue weighted by Gasteiger charge is -2.30. The van der Waals surface area contributed by atoms with Crippen LogP contribution in [-0.4, -0.2) is 73.6 Å². The number of hydrogen-bond donors (Lipinski definition) is 1. The van der Waals surface area contributed by atoms with Gasteiger partial charge in [0.1, 0.15) is 18.3 Å². The maximum Gasteiger partial charge on any atom is 0.414 e. The van der Waals surface area contributed by atoms with E-state index in [1.807, 2.05) is 0 Å². The Bertz CT molecular complexity index is 763. The number of rotatable bonds is 7. The van der Waals surface area contributed by atoms with Crippen molar-refractivity contribution in [1.82, 2.24) is 5.01 Å². The lowest BCUT2D eigenvalue weighted by Crippen LogP contribution is -2.39. The predicted molar refractivity (Wildman–Crippen MR) is 107 cm³/mol. The maximum absolute atomic E-state index is 14.7. The zero-order chi connectivity index (χ0) is 20.1. The van der Waals surface area contributed by atoms with E-state index in [0.717, 1.165) is 0 Å². The van der Waals surface area contributed by atoms with E-state index >= 15 is 0 Å². The molecule has 1 saturated heterocycles. The summed E-state index contributed by atoms with van der Waals surface area (Å²) in [6.45, 7) is 1.93. The molecule has 1 amide bonds. The fourth-order valence-corrected chi connectivity index (χ4v) is 3.22. The van der Waals surface area contributed by atoms with E-state index in [-0.39, 0.29) is 12.7 Å². The topological polar surface area (TPSA) is 77.8 Å². The van der Waals surface area contributed by atoms with Crippen LogP contribution >= 0.6 is 12.2 Å². The molecule has 1 N–H and O–H groups in total. The number of cyclic esters (lactones) is 1. The van der Waals surface area contributed by atoms with Gasteiger partial charge in [0.15, 0.2) is 5.05 Å². The lowest BCUT2D eigenvalue weighted by molar-refractivity contribution is 0.137. The molecule has 28 heavy (non-hydrogen) atoms. The third-order valence-corrected chi connectivity index (χ3v) is 5.01. The number of halogens is 1. The number of thiocarbonyl (C=S) groups is 1. The van der Waals surface area contributed by atoms with Gasteiger partial charge in [0, 0.05) is 13.0 Å². The largest absolute Gasteiger partial charge is 0.490 e. The summed E-state index contributed by atoms with van der Waals surface area (Å²) in [4.78, 5) is 15.3. The molecule has 1 aromatic rings. The Hall–Kier alpha value is -2.46. The van der Waals surface area contributed by atoms with Crippen LogP contribution in [-0.2, 0) is 9.47 Å². The molecule has 1 aromatic carbocycles. The highest BCUT2D eigenvalue weighted by Gasteiger charge is 2.32. The minimum absolute atomic E-state index is 0.0184. The third kappa shape index (κ3) is 4.68. The van der Waals surface area contributed by atoms with Crippen molar-refractivity contribution >= 4 is 41.1 Å². The van der Waals surface area contributed by atoms with Crippen LogP contribution in [0.15, 0.2) is 23.3 Å². The number of nitrogens with zero attached hydrogens (tertiary/aromatic N) is 4. The average molecular weight is 410 g/mol. The number of carbonyl (C=O) groups is 1. The molecule has 0 unspecified atom stereocenters.